The van der Waals surface area contributed by atoms with Crippen LogP contribution in [0.15, 0.2) is 35.9 Å². The third-order valence-corrected chi connectivity index (χ3v) is 5.82. The minimum atomic E-state index is -0.772. The Morgan fingerprint density at radius 1 is 1.09 bits per heavy atom. The van der Waals surface area contributed by atoms with Crippen LogP contribution >= 0.6 is 22.6 Å². The average Bonchev–Trinajstić information content (AvgIpc) is 2.71. The molecular formula is C24H25IN2O5. The van der Waals surface area contributed by atoms with Gasteiger partial charge < -0.3 is 9.47 Å². The number of urea groups is 1. The lowest BCUT2D eigenvalue weighted by atomic mass is 10.0. The number of methoxy groups -OCH3 is 1. The van der Waals surface area contributed by atoms with E-state index in [1.54, 1.807) is 24.3 Å². The summed E-state index contributed by atoms with van der Waals surface area (Å²) in [5, 5.41) is 2.26. The minimum absolute atomic E-state index is 0.00433. The van der Waals surface area contributed by atoms with E-state index in [2.05, 4.69) is 27.9 Å². The summed E-state index contributed by atoms with van der Waals surface area (Å²) >= 11 is 2.13. The van der Waals surface area contributed by atoms with Crippen LogP contribution in [-0.2, 0) is 9.59 Å². The highest BCUT2D eigenvalue weighted by Gasteiger charge is 2.37. The molecule has 0 radical (unpaired) electrons. The minimum Gasteiger partial charge on any atom is -0.493 e. The molecular weight excluding hydrogens is 523 g/mol. The van der Waals surface area contributed by atoms with E-state index in [0.717, 1.165) is 26.0 Å². The van der Waals surface area contributed by atoms with Crippen molar-refractivity contribution in [1.29, 1.82) is 0 Å². The Morgan fingerprint density at radius 2 is 1.75 bits per heavy atom. The largest absolute Gasteiger partial charge is 0.493 e. The lowest BCUT2D eigenvalue weighted by Crippen LogP contribution is -2.54. The van der Waals surface area contributed by atoms with Crippen molar-refractivity contribution in [2.75, 3.05) is 12.0 Å². The van der Waals surface area contributed by atoms with Crippen LogP contribution in [0.25, 0.3) is 6.08 Å². The van der Waals surface area contributed by atoms with Gasteiger partial charge in [0.1, 0.15) is 5.57 Å². The van der Waals surface area contributed by atoms with E-state index in [-0.39, 0.29) is 11.7 Å². The Hall–Kier alpha value is -2.88. The number of barbiturate groups is 1. The van der Waals surface area contributed by atoms with Crippen molar-refractivity contribution in [1.82, 2.24) is 5.32 Å². The topological polar surface area (TPSA) is 84.9 Å². The van der Waals surface area contributed by atoms with Gasteiger partial charge in [0.05, 0.1) is 22.5 Å². The first-order valence-electron chi connectivity index (χ1n) is 10.2. The average molecular weight is 548 g/mol. The number of imide groups is 2. The molecule has 0 aromatic heterocycles. The molecule has 2 aromatic carbocycles. The van der Waals surface area contributed by atoms with E-state index >= 15 is 0 Å². The van der Waals surface area contributed by atoms with Crippen molar-refractivity contribution >= 4 is 52.2 Å². The quantitative estimate of drug-likeness (QED) is 0.320. The second-order valence-corrected chi connectivity index (χ2v) is 8.84. The number of amides is 4. The van der Waals surface area contributed by atoms with Crippen LogP contribution in [0.3, 0.4) is 0 Å². The van der Waals surface area contributed by atoms with Gasteiger partial charge in [0.2, 0.25) is 0 Å². The van der Waals surface area contributed by atoms with Crippen molar-refractivity contribution in [3.63, 3.8) is 0 Å². The molecule has 7 nitrogen and oxygen atoms in total. The standard InChI is InChI=1S/C24H25IN2O5/c1-6-15(4)32-21-19(25)11-16(12-20(21)31-5)10-18-22(28)26-24(30)27(23(18)29)17-8-13(2)7-14(3)9-17/h7-12,15H,6H2,1-5H3,(H,26,28,30)/b18-10+/t15-/m1/s1. The summed E-state index contributed by atoms with van der Waals surface area (Å²) in [6, 6.07) is 8.12. The summed E-state index contributed by atoms with van der Waals surface area (Å²) in [5.41, 5.74) is 2.65. The third-order valence-electron chi connectivity index (χ3n) is 5.02. The molecule has 3 rings (SSSR count). The number of rotatable bonds is 6. The molecule has 1 aliphatic heterocycles. The molecule has 2 aromatic rings. The molecule has 0 bridgehead atoms. The normalized spacial score (nSPS) is 16.2. The zero-order valence-electron chi connectivity index (χ0n) is 18.6. The predicted octanol–water partition coefficient (Wildman–Crippen LogP) is 4.76. The molecule has 0 aliphatic carbocycles. The summed E-state index contributed by atoms with van der Waals surface area (Å²) in [6.07, 6.45) is 2.30. The second kappa shape index (κ2) is 9.72. The summed E-state index contributed by atoms with van der Waals surface area (Å²) in [4.78, 5) is 39.2. The van der Waals surface area contributed by atoms with Crippen LogP contribution in [0.1, 0.15) is 37.0 Å². The molecule has 1 fully saturated rings. The summed E-state index contributed by atoms with van der Waals surface area (Å²) < 4.78 is 12.2. The van der Waals surface area contributed by atoms with Gasteiger partial charge in [-0.1, -0.05) is 13.0 Å². The molecule has 0 spiro atoms. The number of aryl methyl sites for hydroxylation is 2. The van der Waals surface area contributed by atoms with Gasteiger partial charge in [-0.2, -0.15) is 0 Å². The predicted molar refractivity (Wildman–Crippen MR) is 131 cm³/mol. The highest BCUT2D eigenvalue weighted by molar-refractivity contribution is 14.1. The van der Waals surface area contributed by atoms with Crippen molar-refractivity contribution in [2.24, 2.45) is 0 Å². The van der Waals surface area contributed by atoms with Crippen molar-refractivity contribution in [2.45, 2.75) is 40.2 Å². The number of nitrogens with one attached hydrogen (secondary N) is 1. The van der Waals surface area contributed by atoms with Crippen LogP contribution in [0.2, 0.25) is 0 Å². The first kappa shape index (κ1) is 23.8. The number of hydrogen-bond acceptors (Lipinski definition) is 5. The first-order valence-corrected chi connectivity index (χ1v) is 11.3. The maximum atomic E-state index is 13.2. The number of nitrogens with zero attached hydrogens (tertiary/aromatic N) is 1. The zero-order valence-corrected chi connectivity index (χ0v) is 20.8. The maximum Gasteiger partial charge on any atom is 0.335 e. The monoisotopic (exact) mass is 548 g/mol. The lowest BCUT2D eigenvalue weighted by molar-refractivity contribution is -0.122. The summed E-state index contributed by atoms with van der Waals surface area (Å²) in [5.74, 6) is -0.321. The molecule has 8 heteroatoms. The number of carbonyl (C=O) groups is 3. The van der Waals surface area contributed by atoms with Crippen LogP contribution in [0.4, 0.5) is 10.5 Å². The van der Waals surface area contributed by atoms with Gasteiger partial charge in [0.25, 0.3) is 11.8 Å². The molecule has 1 heterocycles. The zero-order chi connectivity index (χ0) is 23.6. The first-order chi connectivity index (χ1) is 15.1. The van der Waals surface area contributed by atoms with Gasteiger partial charge >= 0.3 is 6.03 Å². The molecule has 1 atom stereocenters. The number of hydrogen-bond donors (Lipinski definition) is 1. The molecule has 1 saturated heterocycles. The Bertz CT molecular complexity index is 1110. The van der Waals surface area contributed by atoms with E-state index in [1.165, 1.54) is 13.2 Å². The fourth-order valence-corrected chi connectivity index (χ4v) is 4.11. The van der Waals surface area contributed by atoms with Gasteiger partial charge in [-0.3, -0.25) is 14.9 Å². The number of halogens is 1. The number of benzene rings is 2. The fourth-order valence-electron chi connectivity index (χ4n) is 3.36. The molecule has 1 aliphatic rings. The van der Waals surface area contributed by atoms with Gasteiger partial charge in [-0.25, -0.2) is 9.69 Å². The van der Waals surface area contributed by atoms with Crippen LogP contribution in [0, 0.1) is 17.4 Å². The molecule has 4 amide bonds. The Balaban J connectivity index is 2.03. The second-order valence-electron chi connectivity index (χ2n) is 7.67. The third kappa shape index (κ3) is 4.95. The molecule has 0 saturated carbocycles. The number of carbonyl (C=O) groups excluding carboxylic acids is 3. The molecule has 32 heavy (non-hydrogen) atoms. The van der Waals surface area contributed by atoms with Gasteiger partial charge in [0, 0.05) is 0 Å². The van der Waals surface area contributed by atoms with E-state index < -0.39 is 17.8 Å². The van der Waals surface area contributed by atoms with Crippen molar-refractivity contribution in [3.8, 4) is 11.5 Å². The Kier molecular flexibility index (Phi) is 7.22. The fraction of sp³-hybridized carbons (Fsp3) is 0.292. The smallest absolute Gasteiger partial charge is 0.335 e. The van der Waals surface area contributed by atoms with E-state index in [9.17, 15) is 14.4 Å². The highest BCUT2D eigenvalue weighted by Crippen LogP contribution is 2.36. The van der Waals surface area contributed by atoms with Gasteiger partial charge in [-0.05, 0) is 96.8 Å². The van der Waals surface area contributed by atoms with Gasteiger partial charge in [0.15, 0.2) is 11.5 Å². The highest BCUT2D eigenvalue weighted by atomic mass is 127. The summed E-state index contributed by atoms with van der Waals surface area (Å²) in [7, 11) is 1.53. The number of ether oxygens (including phenoxy) is 2. The Morgan fingerprint density at radius 3 is 2.34 bits per heavy atom. The van der Waals surface area contributed by atoms with Crippen LogP contribution in [-0.4, -0.2) is 31.1 Å². The van der Waals surface area contributed by atoms with E-state index in [0.29, 0.717) is 22.7 Å². The van der Waals surface area contributed by atoms with Crippen LogP contribution in [0.5, 0.6) is 11.5 Å². The summed E-state index contributed by atoms with van der Waals surface area (Å²) in [6.45, 7) is 7.75. The molecule has 1 N–H and O–H groups in total. The van der Waals surface area contributed by atoms with Gasteiger partial charge in [-0.15, -0.1) is 0 Å². The molecule has 0 unspecified atom stereocenters. The lowest BCUT2D eigenvalue weighted by Gasteiger charge is -2.27. The van der Waals surface area contributed by atoms with E-state index in [4.69, 9.17) is 9.47 Å². The Labute approximate surface area is 200 Å². The van der Waals surface area contributed by atoms with Crippen molar-refractivity contribution in [3.05, 3.63) is 56.2 Å². The van der Waals surface area contributed by atoms with Crippen molar-refractivity contribution < 1.29 is 23.9 Å². The SMILES string of the molecule is CC[C@@H](C)Oc1c(I)cc(/C=C2\C(=O)NC(=O)N(c3cc(C)cc(C)c3)C2=O)cc1OC. The van der Waals surface area contributed by atoms with E-state index in [1.807, 2.05) is 33.8 Å². The number of anilines is 1. The molecule has 168 valence electrons. The maximum absolute atomic E-state index is 13.2. The van der Waals surface area contributed by atoms with Crippen LogP contribution < -0.4 is 19.7 Å².